The van der Waals surface area contributed by atoms with E-state index in [9.17, 15) is 0 Å². The molecule has 0 atom stereocenters. The molecule has 0 aromatic heterocycles. The molecule has 2 rings (SSSR count). The lowest BCUT2D eigenvalue weighted by atomic mass is 10.1. The van der Waals surface area contributed by atoms with E-state index in [0.29, 0.717) is 6.61 Å². The lowest BCUT2D eigenvalue weighted by Gasteiger charge is -2.09. The van der Waals surface area contributed by atoms with Crippen LogP contribution in [-0.2, 0) is 0 Å². The van der Waals surface area contributed by atoms with Crippen molar-refractivity contribution in [2.75, 3.05) is 6.61 Å². The van der Waals surface area contributed by atoms with Crippen LogP contribution in [0.1, 0.15) is 13.3 Å². The topological polar surface area (TPSA) is 9.23 Å². The standard InChI is InChI=1S/C15H13BrO/c1-2-3-6-11-17-14-10-9-12-7-4-5-8-13(12)15(14)16/h4-5,7-10H,6,11H2,1H3. The summed E-state index contributed by atoms with van der Waals surface area (Å²) in [4.78, 5) is 0. The predicted octanol–water partition coefficient (Wildman–Crippen LogP) is 4.39. The van der Waals surface area contributed by atoms with E-state index in [0.717, 1.165) is 16.6 Å². The van der Waals surface area contributed by atoms with E-state index >= 15 is 0 Å². The molecular formula is C15H13BrO. The Kier molecular flexibility index (Phi) is 4.06. The SMILES string of the molecule is CC#CCCOc1ccc2ccccc2c1Br. The molecule has 0 saturated carbocycles. The van der Waals surface area contributed by atoms with E-state index in [1.807, 2.05) is 25.1 Å². The molecule has 0 unspecified atom stereocenters. The van der Waals surface area contributed by atoms with E-state index in [4.69, 9.17) is 4.74 Å². The maximum atomic E-state index is 5.70. The summed E-state index contributed by atoms with van der Waals surface area (Å²) < 4.78 is 6.71. The largest absolute Gasteiger partial charge is 0.491 e. The fourth-order valence-corrected chi connectivity index (χ4v) is 2.27. The Balaban J connectivity index is 2.22. The van der Waals surface area contributed by atoms with Gasteiger partial charge in [0.05, 0.1) is 11.1 Å². The molecule has 86 valence electrons. The number of fused-ring (bicyclic) bond motifs is 1. The van der Waals surface area contributed by atoms with Gasteiger partial charge in [0.2, 0.25) is 0 Å². The van der Waals surface area contributed by atoms with Crippen LogP contribution in [0.5, 0.6) is 5.75 Å². The lowest BCUT2D eigenvalue weighted by Crippen LogP contribution is -1.96. The van der Waals surface area contributed by atoms with Gasteiger partial charge in [-0.15, -0.1) is 11.8 Å². The van der Waals surface area contributed by atoms with Crippen LogP contribution < -0.4 is 4.74 Å². The smallest absolute Gasteiger partial charge is 0.134 e. The molecule has 0 radical (unpaired) electrons. The zero-order valence-electron chi connectivity index (χ0n) is 9.66. The molecule has 0 amide bonds. The average molecular weight is 289 g/mol. The van der Waals surface area contributed by atoms with Gasteiger partial charge >= 0.3 is 0 Å². The number of hydrogen-bond acceptors (Lipinski definition) is 1. The van der Waals surface area contributed by atoms with Crippen LogP contribution in [0, 0.1) is 11.8 Å². The molecule has 17 heavy (non-hydrogen) atoms. The fourth-order valence-electron chi connectivity index (χ4n) is 1.66. The summed E-state index contributed by atoms with van der Waals surface area (Å²) in [6.45, 7) is 2.46. The first-order chi connectivity index (χ1) is 8.33. The molecule has 0 fully saturated rings. The van der Waals surface area contributed by atoms with E-state index in [1.165, 1.54) is 10.8 Å². The molecule has 0 saturated heterocycles. The number of rotatable bonds is 3. The summed E-state index contributed by atoms with van der Waals surface area (Å²) in [7, 11) is 0. The normalized spacial score (nSPS) is 9.76. The van der Waals surface area contributed by atoms with Crippen molar-refractivity contribution in [3.8, 4) is 17.6 Å². The number of ether oxygens (including phenoxy) is 1. The van der Waals surface area contributed by atoms with Gasteiger partial charge in [-0.2, -0.15) is 0 Å². The molecule has 2 heteroatoms. The quantitative estimate of drug-likeness (QED) is 0.601. The molecule has 0 aliphatic rings. The molecule has 0 spiro atoms. The van der Waals surface area contributed by atoms with Gasteiger partial charge in [-0.25, -0.2) is 0 Å². The van der Waals surface area contributed by atoms with Crippen LogP contribution in [0.25, 0.3) is 10.8 Å². The monoisotopic (exact) mass is 288 g/mol. The van der Waals surface area contributed by atoms with E-state index in [2.05, 4.69) is 46.0 Å². The Labute approximate surface area is 110 Å². The van der Waals surface area contributed by atoms with E-state index in [1.54, 1.807) is 0 Å². The van der Waals surface area contributed by atoms with Gasteiger partial charge in [0, 0.05) is 6.42 Å². The molecule has 2 aromatic carbocycles. The van der Waals surface area contributed by atoms with Crippen molar-refractivity contribution in [1.29, 1.82) is 0 Å². The van der Waals surface area contributed by atoms with Crippen molar-refractivity contribution < 1.29 is 4.74 Å². The van der Waals surface area contributed by atoms with Crippen molar-refractivity contribution in [2.45, 2.75) is 13.3 Å². The minimum Gasteiger partial charge on any atom is -0.491 e. The van der Waals surface area contributed by atoms with Crippen LogP contribution in [0.4, 0.5) is 0 Å². The molecule has 0 heterocycles. The second-order valence-electron chi connectivity index (χ2n) is 3.62. The minimum atomic E-state index is 0.623. The van der Waals surface area contributed by atoms with Gasteiger partial charge in [-0.05, 0) is 39.7 Å². The highest BCUT2D eigenvalue weighted by atomic mass is 79.9. The first kappa shape index (κ1) is 12.0. The Morgan fingerprint density at radius 1 is 1.18 bits per heavy atom. The number of hydrogen-bond donors (Lipinski definition) is 0. The third-order valence-electron chi connectivity index (χ3n) is 2.49. The highest BCUT2D eigenvalue weighted by Gasteiger charge is 2.04. The van der Waals surface area contributed by atoms with Gasteiger partial charge in [-0.1, -0.05) is 30.3 Å². The summed E-state index contributed by atoms with van der Waals surface area (Å²) >= 11 is 3.59. The average Bonchev–Trinajstić information content (AvgIpc) is 2.37. The zero-order chi connectivity index (χ0) is 12.1. The molecule has 0 aliphatic heterocycles. The summed E-state index contributed by atoms with van der Waals surface area (Å²) in [6.07, 6.45) is 0.760. The first-order valence-corrected chi connectivity index (χ1v) is 6.32. The van der Waals surface area contributed by atoms with Crippen LogP contribution >= 0.6 is 15.9 Å². The molecule has 0 aliphatic carbocycles. The molecule has 2 aromatic rings. The van der Waals surface area contributed by atoms with Crippen molar-refractivity contribution >= 4 is 26.7 Å². The Hall–Kier alpha value is -1.46. The molecular weight excluding hydrogens is 276 g/mol. The highest BCUT2D eigenvalue weighted by Crippen LogP contribution is 2.32. The minimum absolute atomic E-state index is 0.623. The summed E-state index contributed by atoms with van der Waals surface area (Å²) in [5, 5.41) is 2.38. The summed E-state index contributed by atoms with van der Waals surface area (Å²) in [6, 6.07) is 12.3. The molecule has 1 nitrogen and oxygen atoms in total. The van der Waals surface area contributed by atoms with Gasteiger partial charge < -0.3 is 4.74 Å². The first-order valence-electron chi connectivity index (χ1n) is 5.52. The lowest BCUT2D eigenvalue weighted by molar-refractivity contribution is 0.325. The highest BCUT2D eigenvalue weighted by molar-refractivity contribution is 9.10. The Morgan fingerprint density at radius 2 is 2.00 bits per heavy atom. The maximum Gasteiger partial charge on any atom is 0.134 e. The predicted molar refractivity (Wildman–Crippen MR) is 75.2 cm³/mol. The van der Waals surface area contributed by atoms with Gasteiger partial charge in [0.1, 0.15) is 5.75 Å². The van der Waals surface area contributed by atoms with Crippen LogP contribution in [-0.4, -0.2) is 6.61 Å². The number of benzene rings is 2. The maximum absolute atomic E-state index is 5.70. The number of halogens is 1. The van der Waals surface area contributed by atoms with Gasteiger partial charge in [-0.3, -0.25) is 0 Å². The molecule has 0 N–H and O–H groups in total. The third-order valence-corrected chi connectivity index (χ3v) is 3.31. The Bertz CT molecular complexity index is 578. The Morgan fingerprint density at radius 3 is 2.82 bits per heavy atom. The second kappa shape index (κ2) is 5.75. The van der Waals surface area contributed by atoms with Gasteiger partial charge in [0.25, 0.3) is 0 Å². The van der Waals surface area contributed by atoms with Crippen LogP contribution in [0.2, 0.25) is 0 Å². The van der Waals surface area contributed by atoms with E-state index < -0.39 is 0 Å². The zero-order valence-corrected chi connectivity index (χ0v) is 11.3. The van der Waals surface area contributed by atoms with Gasteiger partial charge in [0.15, 0.2) is 0 Å². The van der Waals surface area contributed by atoms with Crippen LogP contribution in [0.3, 0.4) is 0 Å². The van der Waals surface area contributed by atoms with E-state index in [-0.39, 0.29) is 0 Å². The van der Waals surface area contributed by atoms with Crippen molar-refractivity contribution in [2.24, 2.45) is 0 Å². The summed E-state index contributed by atoms with van der Waals surface area (Å²) in [5.74, 6) is 6.72. The third kappa shape index (κ3) is 2.81. The second-order valence-corrected chi connectivity index (χ2v) is 4.42. The van der Waals surface area contributed by atoms with Crippen LogP contribution in [0.15, 0.2) is 40.9 Å². The fraction of sp³-hybridized carbons (Fsp3) is 0.200. The van der Waals surface area contributed by atoms with Crippen molar-refractivity contribution in [1.82, 2.24) is 0 Å². The van der Waals surface area contributed by atoms with Crippen molar-refractivity contribution in [3.05, 3.63) is 40.9 Å². The van der Waals surface area contributed by atoms with Crippen molar-refractivity contribution in [3.63, 3.8) is 0 Å². The summed E-state index contributed by atoms with van der Waals surface area (Å²) in [5.41, 5.74) is 0. The molecule has 0 bridgehead atoms.